The summed E-state index contributed by atoms with van der Waals surface area (Å²) >= 11 is 11.5. The van der Waals surface area contributed by atoms with Gasteiger partial charge in [0.25, 0.3) is 11.8 Å². The molecule has 2 rings (SSSR count). The van der Waals surface area contributed by atoms with Crippen LogP contribution < -0.4 is 45.0 Å². The van der Waals surface area contributed by atoms with Crippen molar-refractivity contribution in [1.29, 1.82) is 0 Å². The van der Waals surface area contributed by atoms with Crippen LogP contribution in [0.1, 0.15) is 47.2 Å². The lowest BCUT2D eigenvalue weighted by atomic mass is 10.1. The zero-order valence-corrected chi connectivity index (χ0v) is 20.6. The number of carbonyl (C=O) groups is 2. The van der Waals surface area contributed by atoms with Gasteiger partial charge < -0.3 is 34.4 Å². The molecule has 2 aromatic heterocycles. The first kappa shape index (κ1) is 28.1. The van der Waals surface area contributed by atoms with Gasteiger partial charge in [-0.3, -0.25) is 30.2 Å². The third kappa shape index (κ3) is 7.95. The van der Waals surface area contributed by atoms with Crippen LogP contribution in [0.5, 0.6) is 0 Å². The number of hydrogen-bond donors (Lipinski definition) is 8. The van der Waals surface area contributed by atoms with Crippen molar-refractivity contribution in [3.63, 3.8) is 0 Å². The summed E-state index contributed by atoms with van der Waals surface area (Å²) in [7, 11) is 0. The Bertz CT molecular complexity index is 1200. The standard InChI is InChI=1S/C18H26Cl2N14O2/c1-6(28-18(26)34-16(36)8-12(22)32-14(24)10(20)30-8)4-2-3-5-27-17(25)33-15(35)7-11(21)31-13(23)9(19)29-7/h6H,2-5H2,1H3,(H4,21,23,31)(H4,22,24,32)(H3,25,27,33,35)(H3,26,28,34,36). The third-order valence-corrected chi connectivity index (χ3v) is 4.95. The van der Waals surface area contributed by atoms with Crippen molar-refractivity contribution in [3.8, 4) is 0 Å². The van der Waals surface area contributed by atoms with Crippen LogP contribution in [0.3, 0.4) is 0 Å². The number of nitrogens with zero attached hydrogens (tertiary/aromatic N) is 6. The van der Waals surface area contributed by atoms with Gasteiger partial charge >= 0.3 is 0 Å². The van der Waals surface area contributed by atoms with E-state index in [1.165, 1.54) is 0 Å². The Morgan fingerprint density at radius 1 is 0.806 bits per heavy atom. The lowest BCUT2D eigenvalue weighted by Gasteiger charge is -2.10. The molecule has 2 amide bonds. The number of nitrogens with two attached hydrogens (primary N) is 6. The van der Waals surface area contributed by atoms with E-state index in [9.17, 15) is 9.59 Å². The number of nitrogens with one attached hydrogen (secondary N) is 2. The maximum absolute atomic E-state index is 12.3. The molecule has 2 heterocycles. The second-order valence-electron chi connectivity index (χ2n) is 7.30. The largest absolute Gasteiger partial charge is 0.382 e. The molecule has 0 radical (unpaired) electrons. The third-order valence-electron chi connectivity index (χ3n) is 4.39. The molecule has 0 spiro atoms. The zero-order chi connectivity index (χ0) is 27.0. The summed E-state index contributed by atoms with van der Waals surface area (Å²) in [4.78, 5) is 47.8. The first-order valence-corrected chi connectivity index (χ1v) is 11.1. The molecule has 16 nitrogen and oxygen atoms in total. The van der Waals surface area contributed by atoms with Crippen LogP contribution in [-0.4, -0.2) is 56.3 Å². The van der Waals surface area contributed by atoms with Gasteiger partial charge in [0.1, 0.15) is 0 Å². The van der Waals surface area contributed by atoms with E-state index in [1.807, 2.05) is 6.92 Å². The van der Waals surface area contributed by atoms with E-state index >= 15 is 0 Å². The van der Waals surface area contributed by atoms with Crippen molar-refractivity contribution in [2.24, 2.45) is 21.5 Å². The Hall–Kier alpha value is -4.18. The maximum Gasteiger partial charge on any atom is 0.280 e. The number of unbranched alkanes of at least 4 members (excludes halogenated alkanes) is 1. The molecule has 0 saturated carbocycles. The lowest BCUT2D eigenvalue weighted by molar-refractivity contribution is 0.0964. The molecule has 0 aliphatic heterocycles. The average molecular weight is 541 g/mol. The molecular weight excluding hydrogens is 515 g/mol. The first-order valence-electron chi connectivity index (χ1n) is 10.3. The van der Waals surface area contributed by atoms with Crippen LogP contribution in [0.2, 0.25) is 10.3 Å². The van der Waals surface area contributed by atoms with Gasteiger partial charge in [-0.05, 0) is 26.2 Å². The van der Waals surface area contributed by atoms with E-state index in [1.54, 1.807) is 0 Å². The second kappa shape index (κ2) is 12.5. The van der Waals surface area contributed by atoms with Crippen molar-refractivity contribution in [2.75, 3.05) is 29.5 Å². The number of guanidine groups is 2. The molecule has 36 heavy (non-hydrogen) atoms. The molecule has 14 N–H and O–H groups in total. The van der Waals surface area contributed by atoms with E-state index in [0.29, 0.717) is 25.8 Å². The van der Waals surface area contributed by atoms with E-state index in [2.05, 4.69) is 40.6 Å². The number of rotatable bonds is 8. The van der Waals surface area contributed by atoms with Gasteiger partial charge in [-0.15, -0.1) is 0 Å². The lowest BCUT2D eigenvalue weighted by Crippen LogP contribution is -2.38. The van der Waals surface area contributed by atoms with Gasteiger partial charge in [0.05, 0.1) is 6.04 Å². The summed E-state index contributed by atoms with van der Waals surface area (Å²) in [6.07, 6.45) is 1.97. The number of aliphatic imine (C=N–C) groups is 2. The SMILES string of the molecule is CC(CCCCN=C(N)NC(=O)c1nc(Cl)c(N)nc1N)N=C(N)NC(=O)c1nc(Cl)c(N)nc1N. The van der Waals surface area contributed by atoms with Gasteiger partial charge in [0, 0.05) is 6.54 Å². The molecular formula is C18H26Cl2N14O2. The van der Waals surface area contributed by atoms with Crippen LogP contribution in [-0.2, 0) is 0 Å². The van der Waals surface area contributed by atoms with E-state index < -0.39 is 11.8 Å². The predicted molar refractivity (Wildman–Crippen MR) is 138 cm³/mol. The number of anilines is 4. The fourth-order valence-corrected chi connectivity index (χ4v) is 2.95. The Kier molecular flexibility index (Phi) is 9.74. The zero-order valence-electron chi connectivity index (χ0n) is 19.1. The molecule has 1 unspecified atom stereocenters. The van der Waals surface area contributed by atoms with E-state index in [-0.39, 0.29) is 62.9 Å². The minimum atomic E-state index is -0.726. The molecule has 0 aliphatic rings. The van der Waals surface area contributed by atoms with Crippen LogP contribution in [0, 0.1) is 0 Å². The summed E-state index contributed by atoms with van der Waals surface area (Å²) in [5, 5.41) is 4.40. The second-order valence-corrected chi connectivity index (χ2v) is 8.02. The Morgan fingerprint density at radius 2 is 1.28 bits per heavy atom. The van der Waals surface area contributed by atoms with Crippen LogP contribution in [0.25, 0.3) is 0 Å². The van der Waals surface area contributed by atoms with Crippen LogP contribution >= 0.6 is 23.2 Å². The molecule has 2 aromatic rings. The summed E-state index contributed by atoms with van der Waals surface area (Å²) < 4.78 is 0. The first-order chi connectivity index (χ1) is 16.9. The smallest absolute Gasteiger partial charge is 0.280 e. The molecule has 0 bridgehead atoms. The highest BCUT2D eigenvalue weighted by atomic mass is 35.5. The van der Waals surface area contributed by atoms with Crippen molar-refractivity contribution in [3.05, 3.63) is 21.7 Å². The fourth-order valence-electron chi connectivity index (χ4n) is 2.69. The van der Waals surface area contributed by atoms with Crippen LogP contribution in [0.15, 0.2) is 9.98 Å². The summed E-state index contributed by atoms with van der Waals surface area (Å²) in [5.74, 6) is -2.29. The molecule has 0 fully saturated rings. The highest BCUT2D eigenvalue weighted by molar-refractivity contribution is 6.32. The molecule has 1 atom stereocenters. The van der Waals surface area contributed by atoms with Crippen LogP contribution in [0.4, 0.5) is 23.3 Å². The molecule has 0 aromatic carbocycles. The highest BCUT2D eigenvalue weighted by Crippen LogP contribution is 2.18. The monoisotopic (exact) mass is 540 g/mol. The fraction of sp³-hybridized carbons (Fsp3) is 0.333. The molecule has 18 heteroatoms. The predicted octanol–water partition coefficient (Wildman–Crippen LogP) is -0.750. The topological polar surface area (TPSA) is 291 Å². The van der Waals surface area contributed by atoms with Gasteiger partial charge in [0.15, 0.2) is 56.9 Å². The number of amides is 2. The molecule has 0 aliphatic carbocycles. The minimum Gasteiger partial charge on any atom is -0.382 e. The summed E-state index contributed by atoms with van der Waals surface area (Å²) in [6.45, 7) is 2.14. The average Bonchev–Trinajstić information content (AvgIpc) is 2.78. The Morgan fingerprint density at radius 3 is 1.78 bits per heavy atom. The quantitative estimate of drug-likeness (QED) is 0.116. The van der Waals surface area contributed by atoms with Crippen molar-refractivity contribution in [2.45, 2.75) is 32.2 Å². The summed E-state index contributed by atoms with van der Waals surface area (Å²) in [5.41, 5.74) is 33.3. The Labute approximate surface area is 215 Å². The van der Waals surface area contributed by atoms with Crippen molar-refractivity contribution < 1.29 is 9.59 Å². The minimum absolute atomic E-state index is 0.0965. The number of halogens is 2. The number of carbonyl (C=O) groups excluding carboxylic acids is 2. The molecule has 0 saturated heterocycles. The van der Waals surface area contributed by atoms with Gasteiger partial charge in [0.2, 0.25) is 0 Å². The van der Waals surface area contributed by atoms with E-state index in [4.69, 9.17) is 57.6 Å². The van der Waals surface area contributed by atoms with Crippen molar-refractivity contribution in [1.82, 2.24) is 30.6 Å². The number of nitrogen functional groups attached to an aromatic ring is 4. The number of hydrogen-bond acceptors (Lipinski definition) is 12. The maximum atomic E-state index is 12.3. The normalized spacial score (nSPS) is 12.8. The highest BCUT2D eigenvalue weighted by Gasteiger charge is 2.18. The van der Waals surface area contributed by atoms with Gasteiger partial charge in [-0.2, -0.15) is 0 Å². The van der Waals surface area contributed by atoms with Crippen molar-refractivity contribution >= 4 is 70.2 Å². The Balaban J connectivity index is 1.78. The van der Waals surface area contributed by atoms with E-state index in [0.717, 1.165) is 0 Å². The molecule has 194 valence electrons. The number of aromatic nitrogens is 4. The van der Waals surface area contributed by atoms with Gasteiger partial charge in [-0.1, -0.05) is 23.2 Å². The van der Waals surface area contributed by atoms with Gasteiger partial charge in [-0.25, -0.2) is 19.9 Å². The summed E-state index contributed by atoms with van der Waals surface area (Å²) in [6, 6.07) is -0.221.